The van der Waals surface area contributed by atoms with E-state index in [-0.39, 0.29) is 5.56 Å². The van der Waals surface area contributed by atoms with E-state index in [0.29, 0.717) is 6.04 Å². The summed E-state index contributed by atoms with van der Waals surface area (Å²) in [6.07, 6.45) is 1.27. The van der Waals surface area contributed by atoms with Crippen molar-refractivity contribution in [2.24, 2.45) is 7.05 Å². The summed E-state index contributed by atoms with van der Waals surface area (Å²) in [5.41, 5.74) is 2.05. The minimum Gasteiger partial charge on any atom is -0.315 e. The van der Waals surface area contributed by atoms with Crippen molar-refractivity contribution in [3.8, 4) is 0 Å². The van der Waals surface area contributed by atoms with Crippen LogP contribution in [0, 0.1) is 0 Å². The molecule has 3 heterocycles. The van der Waals surface area contributed by atoms with Crippen LogP contribution in [0.25, 0.3) is 10.9 Å². The summed E-state index contributed by atoms with van der Waals surface area (Å²) in [6, 6.07) is 10.9. The second-order valence-corrected chi connectivity index (χ2v) is 7.05. The number of hydrogen-bond donors (Lipinski definition) is 1. The van der Waals surface area contributed by atoms with Gasteiger partial charge in [-0.15, -0.1) is 0 Å². The molecule has 0 spiro atoms. The average molecular weight is 326 g/mol. The predicted octanol–water partition coefficient (Wildman–Crippen LogP) is 1.02. The maximum atomic E-state index is 12.6. The first kappa shape index (κ1) is 15.8. The third kappa shape index (κ3) is 2.99. The summed E-state index contributed by atoms with van der Waals surface area (Å²) in [6.45, 7) is 7.36. The van der Waals surface area contributed by atoms with Gasteiger partial charge in [-0.2, -0.15) is 0 Å². The highest BCUT2D eigenvalue weighted by Gasteiger charge is 2.26. The van der Waals surface area contributed by atoms with Crippen molar-refractivity contribution in [2.45, 2.75) is 19.0 Å². The molecular formula is C19H26N4O. The van der Waals surface area contributed by atoms with E-state index in [1.165, 1.54) is 6.42 Å². The van der Waals surface area contributed by atoms with Gasteiger partial charge in [0.1, 0.15) is 0 Å². The molecule has 1 unspecified atom stereocenters. The number of pyridine rings is 1. The Bertz CT molecular complexity index is 771. The molecule has 0 bridgehead atoms. The molecule has 2 aromatic rings. The molecule has 4 rings (SSSR count). The number of benzene rings is 1. The molecule has 0 aliphatic carbocycles. The van der Waals surface area contributed by atoms with Gasteiger partial charge >= 0.3 is 0 Å². The number of piperazine rings is 1. The number of hydrogen-bond acceptors (Lipinski definition) is 4. The first-order valence-corrected chi connectivity index (χ1v) is 8.97. The zero-order valence-electron chi connectivity index (χ0n) is 14.4. The Kier molecular flexibility index (Phi) is 4.39. The van der Waals surface area contributed by atoms with Gasteiger partial charge < -0.3 is 9.88 Å². The van der Waals surface area contributed by atoms with E-state index < -0.39 is 0 Å². The van der Waals surface area contributed by atoms with Gasteiger partial charge in [0.15, 0.2) is 0 Å². The van der Waals surface area contributed by atoms with E-state index in [2.05, 4.69) is 27.2 Å². The number of aryl methyl sites for hydroxylation is 1. The first-order chi connectivity index (χ1) is 11.7. The van der Waals surface area contributed by atoms with Crippen molar-refractivity contribution in [2.75, 3.05) is 39.3 Å². The fourth-order valence-electron chi connectivity index (χ4n) is 4.08. The van der Waals surface area contributed by atoms with Gasteiger partial charge in [-0.25, -0.2) is 0 Å². The third-order valence-electron chi connectivity index (χ3n) is 5.56. The Balaban J connectivity index is 1.47. The van der Waals surface area contributed by atoms with Crippen molar-refractivity contribution in [1.29, 1.82) is 0 Å². The topological polar surface area (TPSA) is 40.5 Å². The molecule has 1 atom stereocenters. The highest BCUT2D eigenvalue weighted by molar-refractivity contribution is 5.79. The smallest absolute Gasteiger partial charge is 0.255 e. The Morgan fingerprint density at radius 1 is 1.17 bits per heavy atom. The number of fused-ring (bicyclic) bond motifs is 1. The first-order valence-electron chi connectivity index (χ1n) is 8.97. The maximum absolute atomic E-state index is 12.6. The molecule has 2 aliphatic rings. The van der Waals surface area contributed by atoms with Crippen molar-refractivity contribution in [1.82, 2.24) is 19.7 Å². The van der Waals surface area contributed by atoms with E-state index in [1.54, 1.807) is 4.57 Å². The summed E-state index contributed by atoms with van der Waals surface area (Å²) in [5.74, 6) is 0. The summed E-state index contributed by atoms with van der Waals surface area (Å²) >= 11 is 0. The molecule has 1 aromatic carbocycles. The van der Waals surface area contributed by atoms with Crippen LogP contribution < -0.4 is 10.9 Å². The van der Waals surface area contributed by atoms with Crippen LogP contribution in [0.5, 0.6) is 0 Å². The number of rotatable bonds is 3. The second-order valence-electron chi connectivity index (χ2n) is 7.05. The lowest BCUT2D eigenvalue weighted by molar-refractivity contribution is 0.0978. The van der Waals surface area contributed by atoms with Crippen molar-refractivity contribution < 1.29 is 0 Å². The van der Waals surface area contributed by atoms with Crippen LogP contribution in [0.4, 0.5) is 0 Å². The average Bonchev–Trinajstić information content (AvgIpc) is 3.15. The molecule has 2 fully saturated rings. The molecule has 5 nitrogen and oxygen atoms in total. The third-order valence-corrected chi connectivity index (χ3v) is 5.56. The highest BCUT2D eigenvalue weighted by Crippen LogP contribution is 2.16. The lowest BCUT2D eigenvalue weighted by atomic mass is 10.1. The van der Waals surface area contributed by atoms with Gasteiger partial charge in [0.2, 0.25) is 0 Å². The van der Waals surface area contributed by atoms with E-state index in [4.69, 9.17) is 0 Å². The van der Waals surface area contributed by atoms with Gasteiger partial charge in [-0.1, -0.05) is 18.2 Å². The number of para-hydroxylation sites is 1. The molecule has 2 saturated heterocycles. The fraction of sp³-hybridized carbons (Fsp3) is 0.526. The Labute approximate surface area is 142 Å². The fourth-order valence-corrected chi connectivity index (χ4v) is 4.08. The maximum Gasteiger partial charge on any atom is 0.255 e. The van der Waals surface area contributed by atoms with E-state index >= 15 is 0 Å². The zero-order chi connectivity index (χ0) is 16.5. The molecule has 0 saturated carbocycles. The monoisotopic (exact) mass is 326 g/mol. The van der Waals surface area contributed by atoms with Gasteiger partial charge in [0.05, 0.1) is 5.52 Å². The van der Waals surface area contributed by atoms with Crippen LogP contribution in [0.15, 0.2) is 35.1 Å². The Morgan fingerprint density at radius 2 is 1.96 bits per heavy atom. The van der Waals surface area contributed by atoms with Gasteiger partial charge in [0.25, 0.3) is 5.56 Å². The molecule has 5 heteroatoms. The molecule has 0 radical (unpaired) electrons. The minimum atomic E-state index is 0.135. The van der Waals surface area contributed by atoms with Crippen molar-refractivity contribution >= 4 is 10.9 Å². The van der Waals surface area contributed by atoms with Gasteiger partial charge in [-0.3, -0.25) is 14.6 Å². The number of nitrogens with zero attached hydrogens (tertiary/aromatic N) is 3. The summed E-state index contributed by atoms with van der Waals surface area (Å²) < 4.78 is 1.78. The molecule has 2 aliphatic heterocycles. The van der Waals surface area contributed by atoms with E-state index in [0.717, 1.165) is 62.3 Å². The van der Waals surface area contributed by atoms with Crippen LogP contribution in [0.1, 0.15) is 12.0 Å². The Hall–Kier alpha value is -1.69. The lowest BCUT2D eigenvalue weighted by Crippen LogP contribution is -2.50. The zero-order valence-corrected chi connectivity index (χ0v) is 14.4. The standard InChI is InChI=1S/C19H26N4O/c1-21-18-5-3-2-4-15(18)12-16(19(21)24)14-22-8-10-23(11-9-22)17-6-7-20-13-17/h2-5,12,17,20H,6-11,13-14H2,1H3. The number of nitrogens with one attached hydrogen (secondary N) is 1. The summed E-state index contributed by atoms with van der Waals surface area (Å²) in [7, 11) is 1.87. The van der Waals surface area contributed by atoms with Crippen molar-refractivity contribution in [3.05, 3.63) is 46.2 Å². The molecule has 1 N–H and O–H groups in total. The van der Waals surface area contributed by atoms with Gasteiger partial charge in [-0.05, 0) is 30.5 Å². The predicted molar refractivity (Wildman–Crippen MR) is 97.3 cm³/mol. The van der Waals surface area contributed by atoms with Gasteiger partial charge in [0, 0.05) is 57.9 Å². The van der Waals surface area contributed by atoms with Crippen LogP contribution in [-0.2, 0) is 13.6 Å². The van der Waals surface area contributed by atoms with E-state index in [1.807, 2.05) is 25.2 Å². The summed E-state index contributed by atoms with van der Waals surface area (Å²) in [5, 5.41) is 4.60. The molecule has 1 aromatic heterocycles. The minimum absolute atomic E-state index is 0.135. The van der Waals surface area contributed by atoms with Crippen LogP contribution in [0.3, 0.4) is 0 Å². The quantitative estimate of drug-likeness (QED) is 0.914. The SMILES string of the molecule is Cn1c(=O)c(CN2CCN(C3CCNC3)CC2)cc2ccccc21. The van der Waals surface area contributed by atoms with Crippen LogP contribution in [-0.4, -0.2) is 59.7 Å². The van der Waals surface area contributed by atoms with Crippen LogP contribution in [0.2, 0.25) is 0 Å². The normalized spacial score (nSPS) is 23.1. The highest BCUT2D eigenvalue weighted by atomic mass is 16.1. The molecule has 24 heavy (non-hydrogen) atoms. The second kappa shape index (κ2) is 6.67. The Morgan fingerprint density at radius 3 is 2.71 bits per heavy atom. The summed E-state index contributed by atoms with van der Waals surface area (Å²) in [4.78, 5) is 17.7. The van der Waals surface area contributed by atoms with E-state index in [9.17, 15) is 4.79 Å². The molecular weight excluding hydrogens is 300 g/mol. The van der Waals surface area contributed by atoms with Crippen LogP contribution >= 0.6 is 0 Å². The molecule has 128 valence electrons. The largest absolute Gasteiger partial charge is 0.315 e. The van der Waals surface area contributed by atoms with Crippen molar-refractivity contribution in [3.63, 3.8) is 0 Å². The molecule has 0 amide bonds. The lowest BCUT2D eigenvalue weighted by Gasteiger charge is -2.37. The number of aromatic nitrogens is 1.